The number of anilines is 1. The summed E-state index contributed by atoms with van der Waals surface area (Å²) in [6, 6.07) is 10.4. The van der Waals surface area contributed by atoms with E-state index in [9.17, 15) is 4.79 Å². The fourth-order valence-electron chi connectivity index (χ4n) is 3.40. The summed E-state index contributed by atoms with van der Waals surface area (Å²) in [5.41, 5.74) is 1.87. The van der Waals surface area contributed by atoms with E-state index in [1.54, 1.807) is 12.4 Å². The molecule has 1 N–H and O–H groups in total. The lowest BCUT2D eigenvalue weighted by atomic mass is 9.78. The Morgan fingerprint density at radius 2 is 1.92 bits per heavy atom. The Morgan fingerprint density at radius 3 is 2.54 bits per heavy atom. The van der Waals surface area contributed by atoms with Gasteiger partial charge in [-0.15, -0.1) is 0 Å². The average Bonchev–Trinajstić information content (AvgIpc) is 2.91. The van der Waals surface area contributed by atoms with Crippen molar-refractivity contribution < 1.29 is 4.79 Å². The smallest absolute Gasteiger partial charge is 0.257 e. The molecule has 1 atom stereocenters. The molecular formula is C19H24N4O. The molecule has 24 heavy (non-hydrogen) atoms. The zero-order chi connectivity index (χ0) is 17.2. The van der Waals surface area contributed by atoms with Gasteiger partial charge in [-0.2, -0.15) is 0 Å². The molecule has 1 amide bonds. The van der Waals surface area contributed by atoms with Crippen molar-refractivity contribution in [3.8, 4) is 0 Å². The van der Waals surface area contributed by atoms with Gasteiger partial charge in [0.2, 0.25) is 5.95 Å². The van der Waals surface area contributed by atoms with Crippen LogP contribution in [0.5, 0.6) is 0 Å². The van der Waals surface area contributed by atoms with Crippen LogP contribution in [0.3, 0.4) is 0 Å². The third kappa shape index (κ3) is 3.25. The number of nitrogens with zero attached hydrogens (tertiary/aromatic N) is 3. The lowest BCUT2D eigenvalue weighted by Gasteiger charge is -2.25. The second-order valence-corrected chi connectivity index (χ2v) is 6.96. The molecule has 0 aliphatic carbocycles. The maximum Gasteiger partial charge on any atom is 0.257 e. The fraction of sp³-hybridized carbons (Fsp3) is 0.421. The number of hydrogen-bond acceptors (Lipinski definition) is 4. The van der Waals surface area contributed by atoms with Gasteiger partial charge in [0.25, 0.3) is 5.91 Å². The van der Waals surface area contributed by atoms with Crippen LogP contribution in [0, 0.1) is 5.41 Å². The lowest BCUT2D eigenvalue weighted by molar-refractivity contribution is 0.0777. The van der Waals surface area contributed by atoms with Crippen molar-refractivity contribution >= 4 is 11.9 Å². The first-order valence-corrected chi connectivity index (χ1v) is 8.41. The van der Waals surface area contributed by atoms with Crippen LogP contribution in [0.15, 0.2) is 42.7 Å². The minimum absolute atomic E-state index is 0.00422. The number of carbonyl (C=O) groups is 1. The number of hydrogen-bond donors (Lipinski definition) is 1. The molecule has 3 rings (SSSR count). The van der Waals surface area contributed by atoms with Crippen molar-refractivity contribution in [3.05, 3.63) is 53.9 Å². The van der Waals surface area contributed by atoms with Gasteiger partial charge in [0, 0.05) is 37.9 Å². The molecular weight excluding hydrogens is 300 g/mol. The zero-order valence-electron chi connectivity index (χ0n) is 14.5. The van der Waals surface area contributed by atoms with Gasteiger partial charge in [0.05, 0.1) is 5.56 Å². The minimum atomic E-state index is 0.00422. The molecule has 0 unspecified atom stereocenters. The second kappa shape index (κ2) is 6.59. The minimum Gasteiger partial charge on any atom is -0.355 e. The van der Waals surface area contributed by atoms with Crippen LogP contribution in [-0.4, -0.2) is 40.4 Å². The number of aromatic nitrogens is 2. The fourth-order valence-corrected chi connectivity index (χ4v) is 3.40. The predicted octanol–water partition coefficient (Wildman–Crippen LogP) is 3.17. The van der Waals surface area contributed by atoms with Gasteiger partial charge >= 0.3 is 0 Å². The van der Waals surface area contributed by atoms with Crippen LogP contribution in [0.2, 0.25) is 0 Å². The molecule has 1 aliphatic rings. The van der Waals surface area contributed by atoms with E-state index in [4.69, 9.17) is 0 Å². The number of carbonyl (C=O) groups excluding carboxylic acids is 1. The van der Waals surface area contributed by atoms with E-state index in [0.29, 0.717) is 17.4 Å². The number of likely N-dealkylation sites (tertiary alicyclic amines) is 1. The molecule has 5 nitrogen and oxygen atoms in total. The second-order valence-electron chi connectivity index (χ2n) is 6.96. The summed E-state index contributed by atoms with van der Waals surface area (Å²) in [5, 5.41) is 3.04. The van der Waals surface area contributed by atoms with Crippen molar-refractivity contribution in [2.75, 3.05) is 25.0 Å². The molecule has 1 aliphatic heterocycles. The Kier molecular flexibility index (Phi) is 4.51. The summed E-state index contributed by atoms with van der Waals surface area (Å²) < 4.78 is 0. The molecule has 1 fully saturated rings. The summed E-state index contributed by atoms with van der Waals surface area (Å²) in [6.07, 6.45) is 3.21. The molecule has 0 spiro atoms. The monoisotopic (exact) mass is 324 g/mol. The van der Waals surface area contributed by atoms with Crippen LogP contribution in [0.1, 0.15) is 42.6 Å². The SMILES string of the molecule is CCNc1ncc(C(=O)N2C[C@@H](c3ccccc3)C(C)(C)C2)cn1. The molecule has 5 heteroatoms. The number of amides is 1. The molecule has 126 valence electrons. The quantitative estimate of drug-likeness (QED) is 0.938. The molecule has 1 aromatic carbocycles. The highest BCUT2D eigenvalue weighted by atomic mass is 16.2. The van der Waals surface area contributed by atoms with E-state index in [-0.39, 0.29) is 11.3 Å². The van der Waals surface area contributed by atoms with E-state index in [2.05, 4.69) is 53.4 Å². The zero-order valence-corrected chi connectivity index (χ0v) is 14.5. The Balaban J connectivity index is 1.77. The number of nitrogens with one attached hydrogen (secondary N) is 1. The summed E-state index contributed by atoms with van der Waals surface area (Å²) in [6.45, 7) is 8.65. The number of benzene rings is 1. The van der Waals surface area contributed by atoms with Gasteiger partial charge < -0.3 is 10.2 Å². The summed E-state index contributed by atoms with van der Waals surface area (Å²) in [4.78, 5) is 23.1. The van der Waals surface area contributed by atoms with Crippen molar-refractivity contribution in [3.63, 3.8) is 0 Å². The largest absolute Gasteiger partial charge is 0.355 e. The topological polar surface area (TPSA) is 58.1 Å². The maximum atomic E-state index is 12.8. The van der Waals surface area contributed by atoms with Gasteiger partial charge in [-0.1, -0.05) is 44.2 Å². The first-order valence-electron chi connectivity index (χ1n) is 8.41. The normalized spacial score (nSPS) is 19.3. The highest BCUT2D eigenvalue weighted by molar-refractivity contribution is 5.94. The lowest BCUT2D eigenvalue weighted by Crippen LogP contribution is -2.30. The van der Waals surface area contributed by atoms with Crippen LogP contribution in [-0.2, 0) is 0 Å². The Labute approximate surface area is 143 Å². The van der Waals surface area contributed by atoms with E-state index < -0.39 is 0 Å². The van der Waals surface area contributed by atoms with Gasteiger partial charge in [0.1, 0.15) is 0 Å². The van der Waals surface area contributed by atoms with Crippen LogP contribution >= 0.6 is 0 Å². The number of rotatable bonds is 4. The molecule has 0 bridgehead atoms. The third-order valence-corrected chi connectivity index (χ3v) is 4.67. The summed E-state index contributed by atoms with van der Waals surface area (Å²) in [7, 11) is 0. The van der Waals surface area contributed by atoms with Crippen molar-refractivity contribution in [2.24, 2.45) is 5.41 Å². The van der Waals surface area contributed by atoms with Gasteiger partial charge in [-0.3, -0.25) is 4.79 Å². The highest BCUT2D eigenvalue weighted by Gasteiger charge is 2.42. The van der Waals surface area contributed by atoms with Gasteiger partial charge in [-0.05, 0) is 17.9 Å². The Hall–Kier alpha value is -2.43. The van der Waals surface area contributed by atoms with Crippen LogP contribution in [0.25, 0.3) is 0 Å². The van der Waals surface area contributed by atoms with Crippen molar-refractivity contribution in [1.29, 1.82) is 0 Å². The molecule has 1 saturated heterocycles. The molecule has 0 saturated carbocycles. The third-order valence-electron chi connectivity index (χ3n) is 4.67. The molecule has 1 aromatic heterocycles. The highest BCUT2D eigenvalue weighted by Crippen LogP contribution is 2.42. The van der Waals surface area contributed by atoms with Gasteiger partial charge in [-0.25, -0.2) is 9.97 Å². The maximum absolute atomic E-state index is 12.8. The van der Waals surface area contributed by atoms with Crippen molar-refractivity contribution in [1.82, 2.24) is 14.9 Å². The predicted molar refractivity (Wildman–Crippen MR) is 95.1 cm³/mol. The Morgan fingerprint density at radius 1 is 1.25 bits per heavy atom. The van der Waals surface area contributed by atoms with E-state index in [0.717, 1.165) is 19.6 Å². The van der Waals surface area contributed by atoms with E-state index in [1.165, 1.54) is 5.56 Å². The summed E-state index contributed by atoms with van der Waals surface area (Å²) >= 11 is 0. The van der Waals surface area contributed by atoms with E-state index >= 15 is 0 Å². The molecule has 0 radical (unpaired) electrons. The van der Waals surface area contributed by atoms with E-state index in [1.807, 2.05) is 17.9 Å². The van der Waals surface area contributed by atoms with Gasteiger partial charge in [0.15, 0.2) is 0 Å². The molecule has 2 heterocycles. The van der Waals surface area contributed by atoms with Crippen LogP contribution in [0.4, 0.5) is 5.95 Å². The first kappa shape index (κ1) is 16.4. The summed E-state index contributed by atoms with van der Waals surface area (Å²) in [5.74, 6) is 0.895. The Bertz CT molecular complexity index is 697. The standard InChI is InChI=1S/C19H24N4O/c1-4-20-18-21-10-15(11-22-18)17(24)23-12-16(19(2,3)13-23)14-8-6-5-7-9-14/h5-11,16H,4,12-13H2,1-3H3,(H,20,21,22)/t16-/m0/s1. The van der Waals surface area contributed by atoms with Crippen LogP contribution < -0.4 is 5.32 Å². The van der Waals surface area contributed by atoms with Crippen molar-refractivity contribution in [2.45, 2.75) is 26.7 Å². The molecule has 2 aromatic rings. The average molecular weight is 324 g/mol. The first-order chi connectivity index (χ1) is 11.5.